The molecule has 0 amide bonds. The lowest BCUT2D eigenvalue weighted by Gasteiger charge is -2.30. The highest BCUT2D eigenvalue weighted by Gasteiger charge is 2.51. The van der Waals surface area contributed by atoms with Crippen molar-refractivity contribution in [2.24, 2.45) is 0 Å². The first kappa shape index (κ1) is 16.0. The van der Waals surface area contributed by atoms with Gasteiger partial charge in [0.25, 0.3) is 0 Å². The van der Waals surface area contributed by atoms with Crippen LogP contribution in [-0.2, 0) is 5.41 Å². The van der Waals surface area contributed by atoms with Crippen molar-refractivity contribution in [3.63, 3.8) is 0 Å². The molecule has 27 heavy (non-hydrogen) atoms. The van der Waals surface area contributed by atoms with Crippen LogP contribution < -0.4 is 0 Å². The topological polar surface area (TPSA) is 0 Å². The van der Waals surface area contributed by atoms with Crippen molar-refractivity contribution < 1.29 is 4.39 Å². The van der Waals surface area contributed by atoms with Gasteiger partial charge in [-0.05, 0) is 44.5 Å². The van der Waals surface area contributed by atoms with Gasteiger partial charge < -0.3 is 0 Å². The molecular formula is C26H19F. The summed E-state index contributed by atoms with van der Waals surface area (Å²) >= 11 is 0. The predicted octanol–water partition coefficient (Wildman–Crippen LogP) is 6.62. The van der Waals surface area contributed by atoms with E-state index in [1.807, 2.05) is 0 Å². The van der Waals surface area contributed by atoms with Gasteiger partial charge in [-0.25, -0.2) is 0 Å². The standard InChI is InChI=1S/C25H16.CH3F/c1-5-13-21-17(9-1)18-10-2-6-14-22(18)25(21)23-15-7-3-11-19(23)20-12-4-8-16-24(20)25;1-2/h1-16H;1H3. The highest BCUT2D eigenvalue weighted by molar-refractivity contribution is 5.94. The Balaban J connectivity index is 0.000000777. The van der Waals surface area contributed by atoms with E-state index in [2.05, 4.69) is 97.1 Å². The molecule has 0 atom stereocenters. The molecule has 0 nitrogen and oxygen atoms in total. The number of benzene rings is 4. The SMILES string of the molecule is CF.c1ccc2c(c1)-c1ccccc1C21c2ccccc2-c2ccccc21. The fourth-order valence-corrected chi connectivity index (χ4v) is 5.05. The maximum atomic E-state index is 9.50. The van der Waals surface area contributed by atoms with Gasteiger partial charge >= 0.3 is 0 Å². The fraction of sp³-hybridized carbons (Fsp3) is 0.0769. The van der Waals surface area contributed by atoms with Crippen LogP contribution in [0, 0.1) is 0 Å². The monoisotopic (exact) mass is 350 g/mol. The molecule has 0 aromatic heterocycles. The summed E-state index contributed by atoms with van der Waals surface area (Å²) in [6.45, 7) is 0. The molecule has 0 fully saturated rings. The molecule has 0 radical (unpaired) electrons. The summed E-state index contributed by atoms with van der Waals surface area (Å²) in [5, 5.41) is 0. The number of rotatable bonds is 0. The molecule has 0 aliphatic heterocycles. The smallest absolute Gasteiger partial charge is 0.0785 e. The van der Waals surface area contributed by atoms with Gasteiger partial charge in [0.15, 0.2) is 0 Å². The Morgan fingerprint density at radius 2 is 0.630 bits per heavy atom. The first-order valence-electron chi connectivity index (χ1n) is 9.19. The minimum atomic E-state index is -0.180. The van der Waals surface area contributed by atoms with Crippen molar-refractivity contribution in [2.75, 3.05) is 7.18 Å². The van der Waals surface area contributed by atoms with Crippen molar-refractivity contribution in [2.45, 2.75) is 5.41 Å². The number of halogens is 1. The molecule has 0 bridgehead atoms. The average molecular weight is 350 g/mol. The van der Waals surface area contributed by atoms with Gasteiger partial charge in [0, 0.05) is 0 Å². The Kier molecular flexibility index (Phi) is 3.51. The lowest BCUT2D eigenvalue weighted by Crippen LogP contribution is -2.25. The number of hydrogen-bond acceptors (Lipinski definition) is 0. The van der Waals surface area contributed by atoms with Crippen LogP contribution >= 0.6 is 0 Å². The first-order valence-corrected chi connectivity index (χ1v) is 9.19. The van der Waals surface area contributed by atoms with Gasteiger partial charge in [0.05, 0.1) is 12.6 Å². The molecule has 0 heterocycles. The normalized spacial score (nSPS) is 13.9. The Morgan fingerprint density at radius 1 is 0.407 bits per heavy atom. The van der Waals surface area contributed by atoms with Crippen molar-refractivity contribution in [3.8, 4) is 22.3 Å². The largest absolute Gasteiger partial charge is 0.255 e. The minimum Gasteiger partial charge on any atom is -0.255 e. The summed E-state index contributed by atoms with van der Waals surface area (Å²) in [5.41, 5.74) is 10.9. The summed E-state index contributed by atoms with van der Waals surface area (Å²) in [7, 11) is 0.500. The van der Waals surface area contributed by atoms with Crippen LogP contribution in [0.3, 0.4) is 0 Å². The van der Waals surface area contributed by atoms with Gasteiger partial charge in [-0.1, -0.05) is 97.1 Å². The Labute approximate surface area is 158 Å². The number of fused-ring (bicyclic) bond motifs is 10. The molecule has 1 spiro atoms. The third-order valence-electron chi connectivity index (χ3n) is 5.90. The molecule has 0 saturated carbocycles. The van der Waals surface area contributed by atoms with Crippen LogP contribution in [0.4, 0.5) is 4.39 Å². The van der Waals surface area contributed by atoms with Gasteiger partial charge in [-0.2, -0.15) is 0 Å². The molecule has 4 aromatic carbocycles. The van der Waals surface area contributed by atoms with Gasteiger partial charge in [-0.15, -0.1) is 0 Å². The quantitative estimate of drug-likeness (QED) is 0.289. The van der Waals surface area contributed by atoms with Crippen molar-refractivity contribution >= 4 is 0 Å². The molecule has 0 unspecified atom stereocenters. The second-order valence-corrected chi connectivity index (χ2v) is 6.93. The zero-order valence-electron chi connectivity index (χ0n) is 15.1. The maximum absolute atomic E-state index is 9.50. The van der Waals surface area contributed by atoms with Crippen LogP contribution in [0.15, 0.2) is 97.1 Å². The minimum absolute atomic E-state index is 0.180. The van der Waals surface area contributed by atoms with E-state index in [1.54, 1.807) is 0 Å². The van der Waals surface area contributed by atoms with Gasteiger partial charge in [-0.3, -0.25) is 4.39 Å². The third-order valence-corrected chi connectivity index (χ3v) is 5.90. The number of hydrogen-bond donors (Lipinski definition) is 0. The van der Waals surface area contributed by atoms with Crippen LogP contribution in [0.25, 0.3) is 22.3 Å². The Morgan fingerprint density at radius 3 is 0.889 bits per heavy atom. The molecule has 0 N–H and O–H groups in total. The van der Waals surface area contributed by atoms with E-state index in [9.17, 15) is 4.39 Å². The van der Waals surface area contributed by atoms with Crippen molar-refractivity contribution in [1.29, 1.82) is 0 Å². The van der Waals surface area contributed by atoms with E-state index < -0.39 is 0 Å². The van der Waals surface area contributed by atoms with Gasteiger partial charge in [0.2, 0.25) is 0 Å². The molecule has 2 aliphatic carbocycles. The zero-order valence-corrected chi connectivity index (χ0v) is 15.1. The van der Waals surface area contributed by atoms with Crippen molar-refractivity contribution in [3.05, 3.63) is 119 Å². The lowest BCUT2D eigenvalue weighted by molar-refractivity contribution is 0.636. The van der Waals surface area contributed by atoms with E-state index >= 15 is 0 Å². The number of alkyl halides is 1. The summed E-state index contributed by atoms with van der Waals surface area (Å²) in [6, 6.07) is 35.7. The molecule has 130 valence electrons. The van der Waals surface area contributed by atoms with E-state index in [4.69, 9.17) is 0 Å². The first-order chi connectivity index (χ1) is 13.4. The molecular weight excluding hydrogens is 331 g/mol. The summed E-state index contributed by atoms with van der Waals surface area (Å²) in [4.78, 5) is 0. The highest BCUT2D eigenvalue weighted by atomic mass is 19.1. The second kappa shape index (κ2) is 5.92. The lowest BCUT2D eigenvalue weighted by atomic mass is 9.70. The zero-order chi connectivity index (χ0) is 18.4. The molecule has 6 rings (SSSR count). The predicted molar refractivity (Wildman–Crippen MR) is 110 cm³/mol. The molecule has 4 aromatic rings. The summed E-state index contributed by atoms with van der Waals surface area (Å²) < 4.78 is 9.50. The Bertz CT molecular complexity index is 968. The summed E-state index contributed by atoms with van der Waals surface area (Å²) in [6.07, 6.45) is 0. The van der Waals surface area contributed by atoms with Crippen LogP contribution in [0.1, 0.15) is 22.3 Å². The van der Waals surface area contributed by atoms with Crippen LogP contribution in [0.5, 0.6) is 0 Å². The molecule has 0 saturated heterocycles. The summed E-state index contributed by atoms with van der Waals surface area (Å²) in [5.74, 6) is 0. The molecule has 1 heteroatoms. The van der Waals surface area contributed by atoms with E-state index in [0.717, 1.165) is 0 Å². The van der Waals surface area contributed by atoms with E-state index in [1.165, 1.54) is 44.5 Å². The van der Waals surface area contributed by atoms with Crippen LogP contribution in [-0.4, -0.2) is 7.18 Å². The van der Waals surface area contributed by atoms with E-state index in [-0.39, 0.29) is 5.41 Å². The highest BCUT2D eigenvalue weighted by Crippen LogP contribution is 2.62. The van der Waals surface area contributed by atoms with Gasteiger partial charge in [0.1, 0.15) is 0 Å². The fourth-order valence-electron chi connectivity index (χ4n) is 5.05. The Hall–Kier alpha value is -3.19. The third kappa shape index (κ3) is 1.86. The molecule has 2 aliphatic rings. The van der Waals surface area contributed by atoms with E-state index in [0.29, 0.717) is 7.18 Å². The second-order valence-electron chi connectivity index (χ2n) is 6.93. The van der Waals surface area contributed by atoms with Crippen molar-refractivity contribution in [1.82, 2.24) is 0 Å². The maximum Gasteiger partial charge on any atom is 0.0785 e. The van der Waals surface area contributed by atoms with Crippen LogP contribution in [0.2, 0.25) is 0 Å². The average Bonchev–Trinajstić information content (AvgIpc) is 3.23.